The number of aromatic amines is 1. The van der Waals surface area contributed by atoms with Gasteiger partial charge in [0, 0.05) is 17.9 Å². The first kappa shape index (κ1) is 19.0. The summed E-state index contributed by atoms with van der Waals surface area (Å²) >= 11 is 0. The molecule has 1 aromatic heterocycles. The Morgan fingerprint density at radius 2 is 1.76 bits per heavy atom. The summed E-state index contributed by atoms with van der Waals surface area (Å²) in [6.45, 7) is 0.275. The van der Waals surface area contributed by atoms with Crippen molar-refractivity contribution >= 4 is 20.9 Å². The molecule has 7 heteroatoms. The van der Waals surface area contributed by atoms with Gasteiger partial charge in [0.05, 0.1) is 23.0 Å². The molecule has 29 heavy (non-hydrogen) atoms. The smallest absolute Gasteiger partial charge is 0.176 e. The number of nitrogens with one attached hydrogen (secondary N) is 1. The maximum Gasteiger partial charge on any atom is 0.176 e. The number of sulfone groups is 1. The summed E-state index contributed by atoms with van der Waals surface area (Å²) in [7, 11) is -1.72. The van der Waals surface area contributed by atoms with Gasteiger partial charge in [0.1, 0.15) is 23.9 Å². The van der Waals surface area contributed by atoms with Crippen LogP contribution in [0, 0.1) is 0 Å². The fourth-order valence-electron chi connectivity index (χ4n) is 3.17. The number of benzene rings is 3. The molecule has 0 atom stereocenters. The van der Waals surface area contributed by atoms with Crippen LogP contribution in [0.25, 0.3) is 22.2 Å². The Morgan fingerprint density at radius 3 is 2.55 bits per heavy atom. The van der Waals surface area contributed by atoms with Crippen molar-refractivity contribution in [3.63, 3.8) is 0 Å². The molecule has 0 radical (unpaired) electrons. The van der Waals surface area contributed by atoms with E-state index in [4.69, 9.17) is 9.47 Å². The quantitative estimate of drug-likeness (QED) is 0.517. The molecule has 0 spiro atoms. The number of H-pyrrole nitrogens is 1. The first-order valence-corrected chi connectivity index (χ1v) is 10.9. The molecule has 148 valence electrons. The average Bonchev–Trinajstić information content (AvgIpc) is 3.14. The highest BCUT2D eigenvalue weighted by Crippen LogP contribution is 2.29. The van der Waals surface area contributed by atoms with Gasteiger partial charge < -0.3 is 14.5 Å². The summed E-state index contributed by atoms with van der Waals surface area (Å²) in [5, 5.41) is 0. The summed E-state index contributed by atoms with van der Waals surface area (Å²) < 4.78 is 35.2. The molecule has 0 fully saturated rings. The number of nitrogens with zero attached hydrogens (tertiary/aromatic N) is 1. The molecule has 0 saturated heterocycles. The molecule has 0 amide bonds. The van der Waals surface area contributed by atoms with Crippen molar-refractivity contribution in [3.05, 3.63) is 72.6 Å². The van der Waals surface area contributed by atoms with Gasteiger partial charge in [-0.15, -0.1) is 0 Å². The summed E-state index contributed by atoms with van der Waals surface area (Å²) in [5.74, 6) is 2.09. The van der Waals surface area contributed by atoms with Crippen LogP contribution >= 0.6 is 0 Å². The number of imidazole rings is 1. The number of hydrogen-bond donors (Lipinski definition) is 1. The third-order valence-electron chi connectivity index (χ3n) is 4.55. The van der Waals surface area contributed by atoms with E-state index in [9.17, 15) is 8.42 Å². The Bertz CT molecular complexity index is 1280. The van der Waals surface area contributed by atoms with Gasteiger partial charge in [-0.25, -0.2) is 13.4 Å². The van der Waals surface area contributed by atoms with Gasteiger partial charge in [-0.2, -0.15) is 0 Å². The fourth-order valence-corrected chi connectivity index (χ4v) is 4.08. The molecule has 0 aliphatic carbocycles. The summed E-state index contributed by atoms with van der Waals surface area (Å²) in [5.41, 5.74) is 3.06. The maximum absolute atomic E-state index is 12.1. The van der Waals surface area contributed by atoms with E-state index in [1.807, 2.05) is 48.5 Å². The molecule has 0 bridgehead atoms. The second-order valence-corrected chi connectivity index (χ2v) is 8.64. The molecular formula is C22H20N2O4S. The number of rotatable bonds is 6. The molecule has 0 unspecified atom stereocenters. The van der Waals surface area contributed by atoms with Gasteiger partial charge in [-0.05, 0) is 35.9 Å². The summed E-state index contributed by atoms with van der Waals surface area (Å²) in [6, 6.07) is 20.0. The zero-order valence-corrected chi connectivity index (χ0v) is 16.9. The second kappa shape index (κ2) is 7.60. The standard InChI is InChI=1S/C22H20N2O4S/c1-27-16-6-5-7-17(13-16)28-14-22-23-19-11-10-15(12-20(19)24-22)18-8-3-4-9-21(18)29(2,25)26/h3-13H,14H2,1-2H3,(H,23,24). The lowest BCUT2D eigenvalue weighted by Crippen LogP contribution is -1.99. The minimum absolute atomic E-state index is 0.275. The van der Waals surface area contributed by atoms with E-state index in [0.717, 1.165) is 22.3 Å². The lowest BCUT2D eigenvalue weighted by molar-refractivity contribution is 0.295. The molecule has 4 rings (SSSR count). The highest BCUT2D eigenvalue weighted by molar-refractivity contribution is 7.90. The zero-order chi connectivity index (χ0) is 20.4. The van der Waals surface area contributed by atoms with Crippen molar-refractivity contribution in [3.8, 4) is 22.6 Å². The lowest BCUT2D eigenvalue weighted by atomic mass is 10.1. The monoisotopic (exact) mass is 408 g/mol. The fraction of sp³-hybridized carbons (Fsp3) is 0.136. The predicted octanol–water partition coefficient (Wildman–Crippen LogP) is 4.22. The molecule has 6 nitrogen and oxygen atoms in total. The first-order chi connectivity index (χ1) is 13.9. The number of methoxy groups -OCH3 is 1. The highest BCUT2D eigenvalue weighted by Gasteiger charge is 2.15. The third-order valence-corrected chi connectivity index (χ3v) is 5.70. The number of hydrogen-bond acceptors (Lipinski definition) is 5. The van der Waals surface area contributed by atoms with E-state index in [0.29, 0.717) is 22.0 Å². The van der Waals surface area contributed by atoms with Crippen LogP contribution in [0.4, 0.5) is 0 Å². The first-order valence-electron chi connectivity index (χ1n) is 8.99. The van der Waals surface area contributed by atoms with Crippen molar-refractivity contribution in [2.24, 2.45) is 0 Å². The highest BCUT2D eigenvalue weighted by atomic mass is 32.2. The topological polar surface area (TPSA) is 81.3 Å². The van der Waals surface area contributed by atoms with E-state index in [-0.39, 0.29) is 6.61 Å². The van der Waals surface area contributed by atoms with Gasteiger partial charge in [-0.1, -0.05) is 30.3 Å². The average molecular weight is 408 g/mol. The molecule has 1 heterocycles. The summed E-state index contributed by atoms with van der Waals surface area (Å²) in [6.07, 6.45) is 1.22. The maximum atomic E-state index is 12.1. The van der Waals surface area contributed by atoms with Gasteiger partial charge in [0.2, 0.25) is 0 Å². The van der Waals surface area contributed by atoms with Crippen molar-refractivity contribution in [1.82, 2.24) is 9.97 Å². The Hall–Kier alpha value is -3.32. The normalized spacial score (nSPS) is 11.5. The Balaban J connectivity index is 1.62. The van der Waals surface area contributed by atoms with E-state index in [2.05, 4.69) is 9.97 Å². The van der Waals surface area contributed by atoms with Crippen LogP contribution in [0.3, 0.4) is 0 Å². The SMILES string of the molecule is COc1cccc(OCc2nc3cc(-c4ccccc4S(C)(=O)=O)ccc3[nH]2)c1. The Morgan fingerprint density at radius 1 is 0.966 bits per heavy atom. The second-order valence-electron chi connectivity index (χ2n) is 6.65. The van der Waals surface area contributed by atoms with E-state index in [1.54, 1.807) is 25.3 Å². The number of ether oxygens (including phenoxy) is 2. The molecule has 0 aliphatic rings. The van der Waals surface area contributed by atoms with E-state index < -0.39 is 9.84 Å². The minimum Gasteiger partial charge on any atom is -0.497 e. The number of fused-ring (bicyclic) bond motifs is 1. The van der Waals surface area contributed by atoms with E-state index in [1.165, 1.54) is 6.26 Å². The predicted molar refractivity (Wildman–Crippen MR) is 112 cm³/mol. The lowest BCUT2D eigenvalue weighted by Gasteiger charge is -2.07. The van der Waals surface area contributed by atoms with Crippen LogP contribution in [0.5, 0.6) is 11.5 Å². The number of aromatic nitrogens is 2. The molecule has 3 aromatic carbocycles. The van der Waals surface area contributed by atoms with Crippen molar-refractivity contribution in [2.45, 2.75) is 11.5 Å². The van der Waals surface area contributed by atoms with Crippen molar-refractivity contribution in [1.29, 1.82) is 0 Å². The summed E-state index contributed by atoms with van der Waals surface area (Å²) in [4.78, 5) is 8.12. The van der Waals surface area contributed by atoms with Crippen LogP contribution < -0.4 is 9.47 Å². The van der Waals surface area contributed by atoms with Crippen molar-refractivity contribution < 1.29 is 17.9 Å². The van der Waals surface area contributed by atoms with Gasteiger partial charge in [0.15, 0.2) is 9.84 Å². The zero-order valence-electron chi connectivity index (χ0n) is 16.0. The Labute approximate surface area is 169 Å². The van der Waals surface area contributed by atoms with Gasteiger partial charge in [0.25, 0.3) is 0 Å². The largest absolute Gasteiger partial charge is 0.497 e. The Kier molecular flexibility index (Phi) is 4.98. The van der Waals surface area contributed by atoms with Crippen LogP contribution in [0.2, 0.25) is 0 Å². The van der Waals surface area contributed by atoms with Crippen LogP contribution in [0.1, 0.15) is 5.82 Å². The molecule has 1 N–H and O–H groups in total. The molecule has 0 aliphatic heterocycles. The van der Waals surface area contributed by atoms with Crippen LogP contribution in [0.15, 0.2) is 71.6 Å². The van der Waals surface area contributed by atoms with Gasteiger partial charge >= 0.3 is 0 Å². The third kappa shape index (κ3) is 4.09. The van der Waals surface area contributed by atoms with Crippen molar-refractivity contribution in [2.75, 3.05) is 13.4 Å². The molecule has 4 aromatic rings. The van der Waals surface area contributed by atoms with Gasteiger partial charge in [-0.3, -0.25) is 0 Å². The van der Waals surface area contributed by atoms with Crippen LogP contribution in [-0.4, -0.2) is 31.8 Å². The van der Waals surface area contributed by atoms with E-state index >= 15 is 0 Å². The minimum atomic E-state index is -3.33. The molecule has 0 saturated carbocycles. The van der Waals surface area contributed by atoms with Crippen LogP contribution in [-0.2, 0) is 16.4 Å². The molecular weight excluding hydrogens is 388 g/mol.